The first kappa shape index (κ1) is 23.5. The first-order chi connectivity index (χ1) is 14.4. The summed E-state index contributed by atoms with van der Waals surface area (Å²) in [6, 6.07) is 4.26. The molecule has 2 aromatic rings. The Morgan fingerprint density at radius 1 is 1.23 bits per heavy atom. The number of nitrogens with two attached hydrogens (primary N) is 1. The monoisotopic (exact) mass is 487 g/mol. The van der Waals surface area contributed by atoms with E-state index in [2.05, 4.69) is 20.6 Å². The molecule has 1 saturated carbocycles. The number of nitrogens with one attached hydrogen (secondary N) is 2. The minimum absolute atomic E-state index is 0.0119. The number of anilines is 3. The van der Waals surface area contributed by atoms with E-state index in [0.717, 1.165) is 6.26 Å². The van der Waals surface area contributed by atoms with E-state index in [0.29, 0.717) is 31.4 Å². The molecule has 0 saturated heterocycles. The maximum atomic E-state index is 11.9. The van der Waals surface area contributed by atoms with Crippen LogP contribution in [0, 0.1) is 0 Å². The largest absolute Gasteiger partial charge is 0.390 e. The fourth-order valence-corrected chi connectivity index (χ4v) is 4.87. The zero-order valence-corrected chi connectivity index (χ0v) is 19.3. The van der Waals surface area contributed by atoms with Crippen LogP contribution in [0.15, 0.2) is 23.1 Å². The van der Waals surface area contributed by atoms with Crippen LogP contribution in [0.5, 0.6) is 0 Å². The van der Waals surface area contributed by atoms with Crippen LogP contribution in [-0.4, -0.2) is 47.3 Å². The van der Waals surface area contributed by atoms with E-state index in [-0.39, 0.29) is 38.4 Å². The average molecular weight is 488 g/mol. The standard InChI is InChI=1S/C19H23Cl2N5O4S/c1-19(28)7-5-10(6-8-19)23-18-15(21)25-14(16(22)27)17(26-18)24-11-3-4-13(12(20)9-11)31(2,29)30/h3-4,9-10,28H,5-8H2,1-2H3,(H2,22,27)(H2,23,24,26). The molecule has 1 heterocycles. The van der Waals surface area contributed by atoms with Crippen molar-refractivity contribution in [2.75, 3.05) is 16.9 Å². The second kappa shape index (κ2) is 8.78. The Hall–Kier alpha value is -2.14. The lowest BCUT2D eigenvalue weighted by Gasteiger charge is -2.33. The van der Waals surface area contributed by atoms with Gasteiger partial charge in [0.25, 0.3) is 5.91 Å². The first-order valence-corrected chi connectivity index (χ1v) is 12.1. The maximum absolute atomic E-state index is 11.9. The van der Waals surface area contributed by atoms with Crippen LogP contribution in [0.3, 0.4) is 0 Å². The van der Waals surface area contributed by atoms with E-state index in [4.69, 9.17) is 28.9 Å². The van der Waals surface area contributed by atoms with Crippen molar-refractivity contribution in [3.05, 3.63) is 34.1 Å². The van der Waals surface area contributed by atoms with Crippen LogP contribution in [0.4, 0.5) is 17.3 Å². The van der Waals surface area contributed by atoms with Crippen LogP contribution in [0.1, 0.15) is 43.1 Å². The van der Waals surface area contributed by atoms with Gasteiger partial charge in [-0.25, -0.2) is 18.4 Å². The smallest absolute Gasteiger partial charge is 0.271 e. The highest BCUT2D eigenvalue weighted by molar-refractivity contribution is 7.90. The van der Waals surface area contributed by atoms with Crippen molar-refractivity contribution < 1.29 is 18.3 Å². The van der Waals surface area contributed by atoms with Gasteiger partial charge in [0.1, 0.15) is 0 Å². The number of hydrogen-bond acceptors (Lipinski definition) is 8. The molecular formula is C19H23Cl2N5O4S. The zero-order valence-electron chi connectivity index (χ0n) is 16.9. The number of sulfone groups is 1. The van der Waals surface area contributed by atoms with Gasteiger partial charge in [-0.1, -0.05) is 23.2 Å². The summed E-state index contributed by atoms with van der Waals surface area (Å²) in [6.07, 6.45) is 3.75. The number of carbonyl (C=O) groups is 1. The van der Waals surface area contributed by atoms with Crippen molar-refractivity contribution in [3.63, 3.8) is 0 Å². The second-order valence-electron chi connectivity index (χ2n) is 7.88. The number of aliphatic hydroxyl groups is 1. The molecule has 31 heavy (non-hydrogen) atoms. The SMILES string of the molecule is CC1(O)CCC(Nc2nc(Nc3ccc(S(C)(=O)=O)c(Cl)c3)c(C(N)=O)nc2Cl)CC1. The zero-order chi connectivity index (χ0) is 23.0. The summed E-state index contributed by atoms with van der Waals surface area (Å²) in [5, 5.41) is 16.2. The van der Waals surface area contributed by atoms with Crippen LogP contribution < -0.4 is 16.4 Å². The van der Waals surface area contributed by atoms with Crippen molar-refractivity contribution in [2.45, 2.75) is 49.1 Å². The van der Waals surface area contributed by atoms with E-state index in [9.17, 15) is 18.3 Å². The fraction of sp³-hybridized carbons (Fsp3) is 0.421. The fourth-order valence-electron chi connectivity index (χ4n) is 3.36. The van der Waals surface area contributed by atoms with Crippen LogP contribution in [0.25, 0.3) is 0 Å². The van der Waals surface area contributed by atoms with Gasteiger partial charge in [-0.2, -0.15) is 0 Å². The Kier molecular flexibility index (Phi) is 6.66. The van der Waals surface area contributed by atoms with Gasteiger partial charge in [0.05, 0.1) is 15.5 Å². The minimum Gasteiger partial charge on any atom is -0.390 e. The summed E-state index contributed by atoms with van der Waals surface area (Å²) in [5.74, 6) is -0.527. The lowest BCUT2D eigenvalue weighted by molar-refractivity contribution is 0.0196. The van der Waals surface area contributed by atoms with Crippen LogP contribution in [-0.2, 0) is 9.84 Å². The number of benzene rings is 1. The van der Waals surface area contributed by atoms with Gasteiger partial charge >= 0.3 is 0 Å². The second-order valence-corrected chi connectivity index (χ2v) is 10.6. The number of halogens is 2. The first-order valence-electron chi connectivity index (χ1n) is 9.48. The molecule has 5 N–H and O–H groups in total. The molecule has 0 aliphatic heterocycles. The van der Waals surface area contributed by atoms with Gasteiger partial charge in [-0.15, -0.1) is 0 Å². The highest BCUT2D eigenvalue weighted by atomic mass is 35.5. The van der Waals surface area contributed by atoms with Crippen molar-refractivity contribution in [2.24, 2.45) is 5.73 Å². The van der Waals surface area contributed by atoms with E-state index in [1.165, 1.54) is 18.2 Å². The van der Waals surface area contributed by atoms with Gasteiger partial charge in [0.15, 0.2) is 32.3 Å². The highest BCUT2D eigenvalue weighted by Gasteiger charge is 2.29. The molecule has 1 aromatic carbocycles. The number of amides is 1. The van der Waals surface area contributed by atoms with E-state index in [1.54, 1.807) is 6.92 Å². The van der Waals surface area contributed by atoms with Crippen molar-refractivity contribution in [1.82, 2.24) is 9.97 Å². The summed E-state index contributed by atoms with van der Waals surface area (Å²) in [7, 11) is -3.49. The molecule has 0 radical (unpaired) electrons. The average Bonchev–Trinajstić information content (AvgIpc) is 2.64. The number of carbonyl (C=O) groups excluding carboxylic acids is 1. The lowest BCUT2D eigenvalue weighted by Crippen LogP contribution is -2.36. The third-order valence-electron chi connectivity index (χ3n) is 5.08. The topological polar surface area (TPSA) is 147 Å². The summed E-state index contributed by atoms with van der Waals surface area (Å²) < 4.78 is 23.5. The van der Waals surface area contributed by atoms with Gasteiger partial charge in [-0.05, 0) is 50.8 Å². The van der Waals surface area contributed by atoms with Gasteiger partial charge in [-0.3, -0.25) is 4.79 Å². The lowest BCUT2D eigenvalue weighted by atomic mass is 9.84. The van der Waals surface area contributed by atoms with Crippen molar-refractivity contribution in [3.8, 4) is 0 Å². The highest BCUT2D eigenvalue weighted by Crippen LogP contribution is 2.32. The molecule has 168 valence electrons. The number of rotatable bonds is 6. The quantitative estimate of drug-likeness (QED) is 0.485. The summed E-state index contributed by atoms with van der Waals surface area (Å²) in [5.41, 5.74) is 4.94. The molecule has 3 rings (SSSR count). The normalized spacial score (nSPS) is 21.5. The van der Waals surface area contributed by atoms with Crippen LogP contribution in [0.2, 0.25) is 10.2 Å². The predicted octanol–water partition coefficient (Wildman–Crippen LogP) is 3.13. The van der Waals surface area contributed by atoms with E-state index in [1.807, 2.05) is 0 Å². The van der Waals surface area contributed by atoms with E-state index >= 15 is 0 Å². The molecule has 1 amide bonds. The molecular weight excluding hydrogens is 465 g/mol. The Balaban J connectivity index is 1.89. The molecule has 1 aliphatic rings. The predicted molar refractivity (Wildman–Crippen MR) is 120 cm³/mol. The van der Waals surface area contributed by atoms with E-state index < -0.39 is 21.3 Å². The molecule has 0 unspecified atom stereocenters. The summed E-state index contributed by atoms with van der Waals surface area (Å²) in [4.78, 5) is 20.3. The molecule has 1 aromatic heterocycles. The Morgan fingerprint density at radius 2 is 1.87 bits per heavy atom. The van der Waals surface area contributed by atoms with Crippen LogP contribution >= 0.6 is 23.2 Å². The van der Waals surface area contributed by atoms with Gasteiger partial charge < -0.3 is 21.5 Å². The molecule has 9 nitrogen and oxygen atoms in total. The Morgan fingerprint density at radius 3 is 2.42 bits per heavy atom. The molecule has 0 spiro atoms. The third kappa shape index (κ3) is 5.76. The maximum Gasteiger partial charge on any atom is 0.271 e. The number of primary amides is 1. The number of hydrogen-bond donors (Lipinski definition) is 4. The number of aromatic nitrogens is 2. The summed E-state index contributed by atoms with van der Waals surface area (Å²) >= 11 is 12.3. The van der Waals surface area contributed by atoms with Gasteiger partial charge in [0, 0.05) is 18.0 Å². The molecule has 1 fully saturated rings. The minimum atomic E-state index is -3.49. The Bertz CT molecular complexity index is 1110. The number of nitrogens with zero attached hydrogens (tertiary/aromatic N) is 2. The summed E-state index contributed by atoms with van der Waals surface area (Å²) in [6.45, 7) is 1.81. The third-order valence-corrected chi connectivity index (χ3v) is 6.93. The molecule has 0 bridgehead atoms. The van der Waals surface area contributed by atoms with Gasteiger partial charge in [0.2, 0.25) is 0 Å². The van der Waals surface area contributed by atoms with Crippen molar-refractivity contribution in [1.29, 1.82) is 0 Å². The Labute approximate surface area is 190 Å². The molecule has 12 heteroatoms. The molecule has 0 atom stereocenters. The molecule has 1 aliphatic carbocycles. The van der Waals surface area contributed by atoms with Crippen molar-refractivity contribution >= 4 is 56.3 Å².